The lowest BCUT2D eigenvalue weighted by Gasteiger charge is -2.33. The smallest absolute Gasteiger partial charge is 0.145 e. The number of hydrogen-bond acceptors (Lipinski definition) is 5. The Labute approximate surface area is 129 Å². The number of methoxy groups -OCH3 is 1. The van der Waals surface area contributed by atoms with Crippen LogP contribution >= 0.6 is 11.8 Å². The van der Waals surface area contributed by atoms with Crippen LogP contribution in [0.3, 0.4) is 0 Å². The van der Waals surface area contributed by atoms with Gasteiger partial charge in [-0.2, -0.15) is 11.8 Å². The summed E-state index contributed by atoms with van der Waals surface area (Å²) in [7, 11) is 1.68. The first-order valence-corrected chi connectivity index (χ1v) is 8.74. The van der Waals surface area contributed by atoms with Crippen molar-refractivity contribution >= 4 is 28.5 Å². The highest BCUT2D eigenvalue weighted by Gasteiger charge is 2.21. The third-order valence-corrected chi connectivity index (χ3v) is 4.95. The first-order chi connectivity index (χ1) is 10.3. The van der Waals surface area contributed by atoms with Crippen LogP contribution in [0.2, 0.25) is 0 Å². The molecule has 1 fully saturated rings. The first kappa shape index (κ1) is 14.4. The maximum absolute atomic E-state index is 5.41. The van der Waals surface area contributed by atoms with E-state index in [0.717, 1.165) is 41.5 Å². The van der Waals surface area contributed by atoms with Gasteiger partial charge in [-0.3, -0.25) is 0 Å². The lowest BCUT2D eigenvalue weighted by molar-refractivity contribution is 0.418. The molecule has 0 spiro atoms. The van der Waals surface area contributed by atoms with Crippen LogP contribution in [-0.4, -0.2) is 42.2 Å². The number of hydrogen-bond donors (Lipinski definition) is 0. The van der Waals surface area contributed by atoms with Gasteiger partial charge < -0.3 is 9.64 Å². The molecular weight excluding hydrogens is 282 g/mol. The predicted molar refractivity (Wildman–Crippen MR) is 89.4 cm³/mol. The van der Waals surface area contributed by atoms with Gasteiger partial charge in [0, 0.05) is 18.5 Å². The minimum absolute atomic E-state index is 0.813. The highest BCUT2D eigenvalue weighted by molar-refractivity contribution is 7.98. The van der Waals surface area contributed by atoms with Gasteiger partial charge in [0.1, 0.15) is 23.4 Å². The fraction of sp³-hybridized carbons (Fsp3) is 0.500. The molecule has 2 heterocycles. The second-order valence-corrected chi connectivity index (χ2v) is 6.35. The Bertz CT molecular complexity index is 611. The predicted octanol–water partition coefficient (Wildman–Crippen LogP) is 3.22. The van der Waals surface area contributed by atoms with Crippen LogP contribution in [0.15, 0.2) is 24.5 Å². The molecule has 1 aliphatic rings. The molecule has 4 nitrogen and oxygen atoms in total. The van der Waals surface area contributed by atoms with Crippen molar-refractivity contribution in [2.24, 2.45) is 5.92 Å². The SMILES string of the molecule is COc1cccc2c(N3CCC(CSC)CC3)ncnc12. The summed E-state index contributed by atoms with van der Waals surface area (Å²) in [5.74, 6) is 3.97. The van der Waals surface area contributed by atoms with Crippen molar-refractivity contribution in [2.75, 3.05) is 37.1 Å². The zero-order valence-corrected chi connectivity index (χ0v) is 13.4. The molecule has 1 aromatic heterocycles. The lowest BCUT2D eigenvalue weighted by atomic mass is 9.98. The molecule has 1 aromatic carbocycles. The van der Waals surface area contributed by atoms with E-state index >= 15 is 0 Å². The molecule has 1 saturated heterocycles. The Kier molecular flexibility index (Phi) is 4.48. The van der Waals surface area contributed by atoms with Gasteiger partial charge in [-0.15, -0.1) is 0 Å². The van der Waals surface area contributed by atoms with E-state index in [4.69, 9.17) is 4.74 Å². The third-order valence-electron chi connectivity index (χ3n) is 4.14. The maximum atomic E-state index is 5.41. The number of para-hydroxylation sites is 1. The van der Waals surface area contributed by atoms with Gasteiger partial charge in [-0.25, -0.2) is 9.97 Å². The average Bonchev–Trinajstić information content (AvgIpc) is 2.55. The summed E-state index contributed by atoms with van der Waals surface area (Å²) < 4.78 is 5.41. The van der Waals surface area contributed by atoms with Crippen LogP contribution in [0.1, 0.15) is 12.8 Å². The molecular formula is C16H21N3OS. The van der Waals surface area contributed by atoms with Gasteiger partial charge in [0.25, 0.3) is 0 Å². The summed E-state index contributed by atoms with van der Waals surface area (Å²) in [6.07, 6.45) is 6.33. The summed E-state index contributed by atoms with van der Waals surface area (Å²) in [5.41, 5.74) is 0.899. The second-order valence-electron chi connectivity index (χ2n) is 5.44. The van der Waals surface area contributed by atoms with Crippen molar-refractivity contribution in [3.05, 3.63) is 24.5 Å². The minimum atomic E-state index is 0.813. The minimum Gasteiger partial charge on any atom is -0.494 e. The van der Waals surface area contributed by atoms with E-state index in [2.05, 4.69) is 27.2 Å². The van der Waals surface area contributed by atoms with Crippen LogP contribution in [0.25, 0.3) is 10.9 Å². The number of fused-ring (bicyclic) bond motifs is 1. The van der Waals surface area contributed by atoms with E-state index in [-0.39, 0.29) is 0 Å². The van der Waals surface area contributed by atoms with Gasteiger partial charge in [0.15, 0.2) is 0 Å². The maximum Gasteiger partial charge on any atom is 0.145 e. The Hall–Kier alpha value is -1.49. The van der Waals surface area contributed by atoms with E-state index in [1.54, 1.807) is 13.4 Å². The van der Waals surface area contributed by atoms with Crippen molar-refractivity contribution in [1.29, 1.82) is 0 Å². The fourth-order valence-corrected chi connectivity index (χ4v) is 3.82. The average molecular weight is 303 g/mol. The van der Waals surface area contributed by atoms with Crippen molar-refractivity contribution in [2.45, 2.75) is 12.8 Å². The van der Waals surface area contributed by atoms with E-state index in [9.17, 15) is 0 Å². The standard InChI is InChI=1S/C16H21N3OS/c1-20-14-5-3-4-13-15(14)17-11-18-16(13)19-8-6-12(7-9-19)10-21-2/h3-5,11-12H,6-10H2,1-2H3. The number of aromatic nitrogens is 2. The van der Waals surface area contributed by atoms with Crippen LogP contribution < -0.4 is 9.64 Å². The molecule has 0 saturated carbocycles. The van der Waals surface area contributed by atoms with Crippen LogP contribution in [-0.2, 0) is 0 Å². The molecule has 3 rings (SSSR count). The van der Waals surface area contributed by atoms with Crippen molar-refractivity contribution in [3.63, 3.8) is 0 Å². The number of ether oxygens (including phenoxy) is 1. The summed E-state index contributed by atoms with van der Waals surface area (Å²) in [4.78, 5) is 11.3. The molecule has 112 valence electrons. The molecule has 0 bridgehead atoms. The van der Waals surface area contributed by atoms with Crippen molar-refractivity contribution < 1.29 is 4.74 Å². The van der Waals surface area contributed by atoms with Gasteiger partial charge in [0.2, 0.25) is 0 Å². The topological polar surface area (TPSA) is 38.2 Å². The molecule has 5 heteroatoms. The molecule has 1 aliphatic heterocycles. The molecule has 0 amide bonds. The zero-order valence-electron chi connectivity index (χ0n) is 12.6. The molecule has 21 heavy (non-hydrogen) atoms. The number of anilines is 1. The second kappa shape index (κ2) is 6.52. The van der Waals surface area contributed by atoms with Gasteiger partial charge in [-0.05, 0) is 42.9 Å². The Morgan fingerprint density at radius 2 is 2.10 bits per heavy atom. The lowest BCUT2D eigenvalue weighted by Crippen LogP contribution is -2.35. The quantitative estimate of drug-likeness (QED) is 0.867. The number of piperidine rings is 1. The van der Waals surface area contributed by atoms with Crippen molar-refractivity contribution in [3.8, 4) is 5.75 Å². The van der Waals surface area contributed by atoms with Gasteiger partial charge in [0.05, 0.1) is 7.11 Å². The van der Waals surface area contributed by atoms with Crippen LogP contribution in [0, 0.1) is 5.92 Å². The zero-order chi connectivity index (χ0) is 14.7. The highest BCUT2D eigenvalue weighted by Crippen LogP contribution is 2.31. The molecule has 0 N–H and O–H groups in total. The summed E-state index contributed by atoms with van der Waals surface area (Å²) in [6, 6.07) is 6.04. The number of rotatable bonds is 4. The van der Waals surface area contributed by atoms with E-state index in [0.29, 0.717) is 0 Å². The fourth-order valence-electron chi connectivity index (χ4n) is 3.01. The summed E-state index contributed by atoms with van der Waals surface area (Å²) in [5, 5.41) is 1.08. The summed E-state index contributed by atoms with van der Waals surface area (Å²) >= 11 is 1.95. The van der Waals surface area contributed by atoms with Gasteiger partial charge in [-0.1, -0.05) is 6.07 Å². The Morgan fingerprint density at radius 1 is 1.29 bits per heavy atom. The monoisotopic (exact) mass is 303 g/mol. The normalized spacial score (nSPS) is 16.4. The van der Waals surface area contributed by atoms with Crippen LogP contribution in [0.5, 0.6) is 5.75 Å². The van der Waals surface area contributed by atoms with Gasteiger partial charge >= 0.3 is 0 Å². The van der Waals surface area contributed by atoms with E-state index in [1.807, 2.05) is 23.9 Å². The first-order valence-electron chi connectivity index (χ1n) is 7.35. The van der Waals surface area contributed by atoms with E-state index < -0.39 is 0 Å². The highest BCUT2D eigenvalue weighted by atomic mass is 32.2. The Balaban J connectivity index is 1.88. The number of thioether (sulfide) groups is 1. The molecule has 2 aromatic rings. The van der Waals surface area contributed by atoms with E-state index in [1.165, 1.54) is 18.6 Å². The molecule has 0 atom stereocenters. The number of benzene rings is 1. The summed E-state index contributed by atoms with van der Waals surface area (Å²) in [6.45, 7) is 2.16. The molecule has 0 aliphatic carbocycles. The number of nitrogens with zero attached hydrogens (tertiary/aromatic N) is 3. The molecule has 0 unspecified atom stereocenters. The Morgan fingerprint density at radius 3 is 2.81 bits per heavy atom. The van der Waals surface area contributed by atoms with Crippen molar-refractivity contribution in [1.82, 2.24) is 9.97 Å². The third kappa shape index (κ3) is 2.93. The van der Waals surface area contributed by atoms with Crippen LogP contribution in [0.4, 0.5) is 5.82 Å². The largest absolute Gasteiger partial charge is 0.494 e. The molecule has 0 radical (unpaired) electrons.